The van der Waals surface area contributed by atoms with Crippen LogP contribution in [0.25, 0.3) is 0 Å². The Morgan fingerprint density at radius 1 is 0.430 bits per heavy atom. The number of hydrogen-bond acceptors (Lipinski definition) is 10. The first-order valence-corrected chi connectivity index (χ1v) is 34.2. The highest BCUT2D eigenvalue weighted by Gasteiger charge is 2.44. The van der Waals surface area contributed by atoms with Crippen LogP contribution in [0.1, 0.15) is 335 Å². The molecule has 9 unspecified atom stereocenters. The average Bonchev–Trinajstić information content (AvgIpc) is 3.46. The second-order valence-electron chi connectivity index (χ2n) is 24.2. The summed E-state index contributed by atoms with van der Waals surface area (Å²) in [5, 5.41) is 76.4. The summed E-state index contributed by atoms with van der Waals surface area (Å²) in [6.07, 6.45) is 59.8. The molecule has 0 spiro atoms. The fraction of sp³-hybridized carbons (Fsp3) is 0.926. The molecule has 0 aromatic rings. The summed E-state index contributed by atoms with van der Waals surface area (Å²) in [5.41, 5.74) is 0. The Morgan fingerprint density at radius 2 is 0.747 bits per heavy atom. The van der Waals surface area contributed by atoms with Crippen molar-refractivity contribution in [2.45, 2.75) is 390 Å². The molecule has 11 nitrogen and oxygen atoms in total. The Hall–Kier alpha value is -1.41. The molecule has 1 rings (SSSR count). The Bertz CT molecular complexity index is 1330. The van der Waals surface area contributed by atoms with Gasteiger partial charge in [-0.25, -0.2) is 0 Å². The zero-order valence-electron chi connectivity index (χ0n) is 51.6. The van der Waals surface area contributed by atoms with E-state index in [0.29, 0.717) is 12.8 Å². The fourth-order valence-electron chi connectivity index (χ4n) is 11.2. The minimum atomic E-state index is -1.67. The molecule has 9 atom stereocenters. The van der Waals surface area contributed by atoms with Crippen LogP contribution in [-0.4, -0.2) is 110 Å². The van der Waals surface area contributed by atoms with Crippen molar-refractivity contribution in [3.05, 3.63) is 24.3 Å². The smallest absolute Gasteiger partial charge is 0.249 e. The van der Waals surface area contributed by atoms with E-state index in [-0.39, 0.29) is 12.8 Å². The molecule has 0 saturated carbocycles. The second kappa shape index (κ2) is 57.0. The number of carbonyl (C=O) groups is 1. The van der Waals surface area contributed by atoms with Crippen LogP contribution in [0.15, 0.2) is 24.3 Å². The van der Waals surface area contributed by atoms with E-state index >= 15 is 0 Å². The zero-order valence-corrected chi connectivity index (χ0v) is 51.6. The van der Waals surface area contributed by atoms with E-state index in [4.69, 9.17) is 9.47 Å². The molecule has 1 aliphatic rings. The summed E-state index contributed by atoms with van der Waals surface area (Å²) >= 11 is 0. The van der Waals surface area contributed by atoms with Crippen LogP contribution < -0.4 is 5.32 Å². The summed E-state index contributed by atoms with van der Waals surface area (Å²) in [7, 11) is 0. The topological polar surface area (TPSA) is 189 Å². The Balaban J connectivity index is 2.23. The van der Waals surface area contributed by atoms with Gasteiger partial charge in [0, 0.05) is 0 Å². The van der Waals surface area contributed by atoms with E-state index < -0.39 is 74.2 Å². The number of aliphatic hydroxyl groups is 7. The molecule has 0 radical (unpaired) electrons. The van der Waals surface area contributed by atoms with Gasteiger partial charge in [0.05, 0.1) is 25.4 Å². The van der Waals surface area contributed by atoms with Crippen molar-refractivity contribution in [3.8, 4) is 0 Å². The maximum absolute atomic E-state index is 13.2. The monoisotopic (exact) mass is 1120 g/mol. The van der Waals surface area contributed by atoms with E-state index in [1.807, 2.05) is 0 Å². The molecule has 1 saturated heterocycles. The van der Waals surface area contributed by atoms with E-state index in [1.54, 1.807) is 0 Å². The number of carbonyl (C=O) groups excluding carboxylic acids is 1. The molecule has 1 aliphatic heterocycles. The number of nitrogens with one attached hydrogen (secondary N) is 1. The molecule has 1 amide bonds. The number of allylic oxidation sites excluding steroid dienone is 4. The third-order valence-corrected chi connectivity index (χ3v) is 16.7. The summed E-state index contributed by atoms with van der Waals surface area (Å²) in [6.45, 7) is 3.49. The third kappa shape index (κ3) is 44.7. The first kappa shape index (κ1) is 75.6. The summed E-state index contributed by atoms with van der Waals surface area (Å²) in [4.78, 5) is 13.2. The number of aliphatic hydroxyl groups excluding tert-OH is 7. The quantitative estimate of drug-likeness (QED) is 0.0215. The van der Waals surface area contributed by atoms with Crippen molar-refractivity contribution in [3.63, 3.8) is 0 Å². The lowest BCUT2D eigenvalue weighted by atomic mass is 9.98. The minimum absolute atomic E-state index is 0.249. The fourth-order valence-corrected chi connectivity index (χ4v) is 11.2. The Kier molecular flexibility index (Phi) is 54.6. The molecule has 0 bridgehead atoms. The molecule has 8 N–H and O–H groups in total. The van der Waals surface area contributed by atoms with Crippen molar-refractivity contribution >= 4 is 5.91 Å². The van der Waals surface area contributed by atoms with Gasteiger partial charge in [0.1, 0.15) is 36.6 Å². The van der Waals surface area contributed by atoms with Gasteiger partial charge in [-0.2, -0.15) is 0 Å². The lowest BCUT2D eigenvalue weighted by molar-refractivity contribution is -0.303. The highest BCUT2D eigenvalue weighted by atomic mass is 16.7. The van der Waals surface area contributed by atoms with Crippen LogP contribution in [-0.2, 0) is 14.3 Å². The molecule has 11 heteroatoms. The lowest BCUT2D eigenvalue weighted by Gasteiger charge is -2.40. The molecular weight excluding hydrogens is 991 g/mol. The van der Waals surface area contributed by atoms with E-state index in [9.17, 15) is 40.5 Å². The van der Waals surface area contributed by atoms with Crippen LogP contribution >= 0.6 is 0 Å². The standard InChI is InChI=1S/C68H131NO10/c1-3-5-7-9-11-13-15-17-19-21-23-25-27-28-29-30-31-32-33-34-36-37-39-41-43-45-47-49-51-53-55-60(71)63(73)59(58-78-68-66(76)65(75)64(74)62(57-70)79-68)69-67(77)61(72)56-54-52-50-48-46-44-42-40-38-35-26-24-22-20-18-16-14-12-10-8-6-4-2/h38,40,47,49,59-66,68,70-76H,3-37,39,41-46,48,50-58H2,1-2H3,(H,69,77)/b40-38-,49-47+. The van der Waals surface area contributed by atoms with E-state index in [1.165, 1.54) is 238 Å². The van der Waals surface area contributed by atoms with Crippen molar-refractivity contribution < 1.29 is 50.0 Å². The number of amides is 1. The van der Waals surface area contributed by atoms with Gasteiger partial charge < -0.3 is 50.5 Å². The van der Waals surface area contributed by atoms with Gasteiger partial charge in [-0.15, -0.1) is 0 Å². The summed E-state index contributed by atoms with van der Waals surface area (Å²) in [5.74, 6) is -0.706. The second-order valence-corrected chi connectivity index (χ2v) is 24.2. The van der Waals surface area contributed by atoms with Gasteiger partial charge in [0.15, 0.2) is 6.29 Å². The average molecular weight is 1120 g/mol. The third-order valence-electron chi connectivity index (χ3n) is 16.7. The van der Waals surface area contributed by atoms with Gasteiger partial charge in [0.2, 0.25) is 5.91 Å². The van der Waals surface area contributed by atoms with Crippen LogP contribution in [0.5, 0.6) is 0 Å². The van der Waals surface area contributed by atoms with Crippen molar-refractivity contribution in [1.82, 2.24) is 5.32 Å². The molecule has 79 heavy (non-hydrogen) atoms. The molecular formula is C68H131NO10. The van der Waals surface area contributed by atoms with Crippen LogP contribution in [0.2, 0.25) is 0 Å². The molecule has 0 aromatic heterocycles. The highest BCUT2D eigenvalue weighted by Crippen LogP contribution is 2.24. The molecule has 1 fully saturated rings. The lowest BCUT2D eigenvalue weighted by Crippen LogP contribution is -2.60. The van der Waals surface area contributed by atoms with Gasteiger partial charge in [-0.05, 0) is 64.2 Å². The predicted molar refractivity (Wildman–Crippen MR) is 330 cm³/mol. The normalized spacial score (nSPS) is 19.4. The largest absolute Gasteiger partial charge is 0.394 e. The number of ether oxygens (including phenoxy) is 2. The van der Waals surface area contributed by atoms with E-state index in [2.05, 4.69) is 43.5 Å². The van der Waals surface area contributed by atoms with Crippen molar-refractivity contribution in [2.75, 3.05) is 13.2 Å². The van der Waals surface area contributed by atoms with Crippen LogP contribution in [0.4, 0.5) is 0 Å². The first-order chi connectivity index (χ1) is 38.7. The molecule has 0 aliphatic carbocycles. The van der Waals surface area contributed by atoms with Gasteiger partial charge in [-0.3, -0.25) is 4.79 Å². The summed E-state index contributed by atoms with van der Waals surface area (Å²) < 4.78 is 11.2. The number of unbranched alkanes of at least 4 members (excludes halogenated alkanes) is 44. The van der Waals surface area contributed by atoms with Crippen LogP contribution in [0, 0.1) is 0 Å². The zero-order chi connectivity index (χ0) is 57.5. The van der Waals surface area contributed by atoms with Gasteiger partial charge in [-0.1, -0.05) is 295 Å². The van der Waals surface area contributed by atoms with E-state index in [0.717, 1.165) is 57.8 Å². The van der Waals surface area contributed by atoms with Crippen molar-refractivity contribution in [1.29, 1.82) is 0 Å². The van der Waals surface area contributed by atoms with Gasteiger partial charge in [0.25, 0.3) is 0 Å². The maximum atomic E-state index is 13.2. The first-order valence-electron chi connectivity index (χ1n) is 34.2. The minimum Gasteiger partial charge on any atom is -0.394 e. The van der Waals surface area contributed by atoms with Crippen molar-refractivity contribution in [2.24, 2.45) is 0 Å². The molecule has 468 valence electrons. The number of rotatable bonds is 60. The van der Waals surface area contributed by atoms with Gasteiger partial charge >= 0.3 is 0 Å². The Morgan fingerprint density at radius 3 is 1.09 bits per heavy atom. The van der Waals surface area contributed by atoms with Crippen LogP contribution in [0.3, 0.4) is 0 Å². The summed E-state index contributed by atoms with van der Waals surface area (Å²) in [6, 6.07) is -1.19. The molecule has 0 aromatic carbocycles. The maximum Gasteiger partial charge on any atom is 0.249 e. The highest BCUT2D eigenvalue weighted by molar-refractivity contribution is 5.80. The SMILES string of the molecule is CCCCCCCCCCCCCC/C=C\CCCCCCCCC(O)C(=O)NC(COC1OC(CO)C(O)C(O)C1O)C(O)C(O)CCC/C=C/CCCCCCCCCCCCCCCCCCCCCCCCCCC. The predicted octanol–water partition coefficient (Wildman–Crippen LogP) is 16.0. The Labute approximate surface area is 486 Å². The molecule has 1 heterocycles. The number of hydrogen-bond donors (Lipinski definition) is 8.